The number of methoxy groups -OCH3 is 1. The molecule has 0 radical (unpaired) electrons. The number of nitrogens with one attached hydrogen (secondary N) is 1. The summed E-state index contributed by atoms with van der Waals surface area (Å²) in [5.74, 6) is 1.42. The van der Waals surface area contributed by atoms with Gasteiger partial charge in [-0.05, 0) is 62.8 Å². The third kappa shape index (κ3) is 5.23. The molecule has 27 heavy (non-hydrogen) atoms. The second-order valence-corrected chi connectivity index (χ2v) is 8.06. The summed E-state index contributed by atoms with van der Waals surface area (Å²) in [5, 5.41) is 3.07. The van der Waals surface area contributed by atoms with Crippen LogP contribution >= 0.6 is 0 Å². The van der Waals surface area contributed by atoms with Gasteiger partial charge in [0.05, 0.1) is 31.5 Å². The minimum absolute atomic E-state index is 0.0578. The van der Waals surface area contributed by atoms with E-state index in [1.165, 1.54) is 25.7 Å². The van der Waals surface area contributed by atoms with Crippen LogP contribution in [0.5, 0.6) is 5.75 Å². The Morgan fingerprint density at radius 1 is 1.22 bits per heavy atom. The lowest BCUT2D eigenvalue weighted by molar-refractivity contribution is -0.120. The van der Waals surface area contributed by atoms with E-state index in [9.17, 15) is 4.79 Å². The molecule has 0 bridgehead atoms. The zero-order valence-corrected chi connectivity index (χ0v) is 17.0. The highest BCUT2D eigenvalue weighted by molar-refractivity contribution is 5.96. The molecule has 3 atom stereocenters. The van der Waals surface area contributed by atoms with Crippen LogP contribution in [0.3, 0.4) is 0 Å². The van der Waals surface area contributed by atoms with Crippen LogP contribution in [0, 0.1) is 12.8 Å². The van der Waals surface area contributed by atoms with Crippen LogP contribution in [0.2, 0.25) is 0 Å². The fraction of sp³-hybridized carbons (Fsp3) is 0.682. The van der Waals surface area contributed by atoms with Crippen molar-refractivity contribution in [3.05, 3.63) is 23.8 Å². The summed E-state index contributed by atoms with van der Waals surface area (Å²) in [6.07, 6.45) is 7.42. The normalized spacial score (nSPS) is 26.1. The molecule has 150 valence electrons. The number of aryl methyl sites for hydroxylation is 1. The number of likely N-dealkylation sites (tertiary alicyclic amines) is 1. The number of anilines is 1. The molecule has 1 aromatic rings. The molecule has 3 rings (SSSR count). The number of hydrogen-bond donors (Lipinski definition) is 1. The van der Waals surface area contributed by atoms with Gasteiger partial charge in [-0.25, -0.2) is 0 Å². The van der Waals surface area contributed by atoms with Crippen molar-refractivity contribution >= 4 is 11.6 Å². The van der Waals surface area contributed by atoms with Crippen LogP contribution in [0.25, 0.3) is 0 Å². The van der Waals surface area contributed by atoms with Gasteiger partial charge in [0.25, 0.3) is 0 Å². The smallest absolute Gasteiger partial charge is 0.241 e. The van der Waals surface area contributed by atoms with Gasteiger partial charge in [0, 0.05) is 6.54 Å². The van der Waals surface area contributed by atoms with Crippen molar-refractivity contribution in [2.24, 2.45) is 5.92 Å². The molecule has 3 unspecified atom stereocenters. The van der Waals surface area contributed by atoms with E-state index >= 15 is 0 Å². The maximum absolute atomic E-state index is 12.9. The second-order valence-electron chi connectivity index (χ2n) is 8.06. The van der Waals surface area contributed by atoms with Crippen LogP contribution in [0.1, 0.15) is 51.0 Å². The topological polar surface area (TPSA) is 50.8 Å². The van der Waals surface area contributed by atoms with Gasteiger partial charge in [-0.2, -0.15) is 0 Å². The van der Waals surface area contributed by atoms with Crippen LogP contribution in [0.15, 0.2) is 18.2 Å². The lowest BCUT2D eigenvalue weighted by Gasteiger charge is -2.30. The summed E-state index contributed by atoms with van der Waals surface area (Å²) in [5.41, 5.74) is 1.85. The van der Waals surface area contributed by atoms with Gasteiger partial charge >= 0.3 is 0 Å². The van der Waals surface area contributed by atoms with Crippen LogP contribution in [-0.2, 0) is 9.53 Å². The summed E-state index contributed by atoms with van der Waals surface area (Å²) in [6, 6.07) is 5.77. The number of amides is 1. The van der Waals surface area contributed by atoms with Crippen molar-refractivity contribution in [1.29, 1.82) is 0 Å². The Labute approximate surface area is 163 Å². The summed E-state index contributed by atoms with van der Waals surface area (Å²) in [7, 11) is 1.63. The molecule has 0 aromatic heterocycles. The number of carbonyl (C=O) groups is 1. The van der Waals surface area contributed by atoms with Gasteiger partial charge in [-0.1, -0.05) is 25.8 Å². The van der Waals surface area contributed by atoms with E-state index in [4.69, 9.17) is 9.47 Å². The molecule has 1 amide bonds. The van der Waals surface area contributed by atoms with E-state index in [1.54, 1.807) is 7.11 Å². The molecular weight excluding hydrogens is 340 g/mol. The lowest BCUT2D eigenvalue weighted by atomic mass is 9.88. The quantitative estimate of drug-likeness (QED) is 0.784. The highest BCUT2D eigenvalue weighted by Crippen LogP contribution is 2.28. The van der Waals surface area contributed by atoms with E-state index in [-0.39, 0.29) is 11.9 Å². The van der Waals surface area contributed by atoms with E-state index in [0.29, 0.717) is 24.4 Å². The number of ether oxygens (including phenoxy) is 2. The molecule has 1 aromatic carbocycles. The SMILES string of the molecule is COc1ccc(C)cc1NC(=O)C1CCCN1CCOC1CCCCC1C. The largest absolute Gasteiger partial charge is 0.495 e. The minimum Gasteiger partial charge on any atom is -0.495 e. The molecule has 5 nitrogen and oxygen atoms in total. The second kappa shape index (κ2) is 9.56. The van der Waals surface area contributed by atoms with Crippen LogP contribution in [0.4, 0.5) is 5.69 Å². The van der Waals surface area contributed by atoms with Gasteiger partial charge in [0.15, 0.2) is 0 Å². The lowest BCUT2D eigenvalue weighted by Crippen LogP contribution is -2.42. The molecule has 2 fully saturated rings. The zero-order valence-electron chi connectivity index (χ0n) is 17.0. The van der Waals surface area contributed by atoms with Crippen LogP contribution in [-0.4, -0.2) is 49.8 Å². The molecule has 1 heterocycles. The van der Waals surface area contributed by atoms with Crippen molar-refractivity contribution in [3.63, 3.8) is 0 Å². The standard InChI is InChI=1S/C22H34N2O3/c1-16-10-11-21(26-3)18(15-16)23-22(25)19-8-6-12-24(19)13-14-27-20-9-5-4-7-17(20)2/h10-11,15,17,19-20H,4-9,12-14H2,1-3H3,(H,23,25). The number of benzene rings is 1. The average Bonchev–Trinajstić information content (AvgIpc) is 3.12. The van der Waals surface area contributed by atoms with E-state index in [2.05, 4.69) is 17.1 Å². The van der Waals surface area contributed by atoms with Crippen molar-refractivity contribution in [1.82, 2.24) is 4.90 Å². The highest BCUT2D eigenvalue weighted by Gasteiger charge is 2.31. The van der Waals surface area contributed by atoms with Crippen molar-refractivity contribution in [2.75, 3.05) is 32.1 Å². The van der Waals surface area contributed by atoms with Crippen LogP contribution < -0.4 is 10.1 Å². The van der Waals surface area contributed by atoms with Gasteiger partial charge in [0.1, 0.15) is 5.75 Å². The maximum atomic E-state index is 12.9. The fourth-order valence-electron chi connectivity index (χ4n) is 4.38. The van der Waals surface area contributed by atoms with Crippen molar-refractivity contribution in [3.8, 4) is 5.75 Å². The van der Waals surface area contributed by atoms with E-state index in [0.717, 1.165) is 37.2 Å². The van der Waals surface area contributed by atoms with Gasteiger partial charge < -0.3 is 14.8 Å². The number of carbonyl (C=O) groups excluding carboxylic acids is 1. The Balaban J connectivity index is 1.52. The fourth-order valence-corrected chi connectivity index (χ4v) is 4.38. The highest BCUT2D eigenvalue weighted by atomic mass is 16.5. The first-order valence-electron chi connectivity index (χ1n) is 10.4. The molecule has 0 spiro atoms. The van der Waals surface area contributed by atoms with Crippen molar-refractivity contribution < 1.29 is 14.3 Å². The Kier molecular flexibility index (Phi) is 7.13. The molecule has 2 aliphatic rings. The zero-order chi connectivity index (χ0) is 19.2. The monoisotopic (exact) mass is 374 g/mol. The van der Waals surface area contributed by atoms with E-state index in [1.807, 2.05) is 25.1 Å². The Bertz CT molecular complexity index is 634. The van der Waals surface area contributed by atoms with Gasteiger partial charge in [-0.3, -0.25) is 9.69 Å². The van der Waals surface area contributed by atoms with Gasteiger partial charge in [-0.15, -0.1) is 0 Å². The molecule has 5 heteroatoms. The Morgan fingerprint density at radius 2 is 2.04 bits per heavy atom. The number of rotatable bonds is 7. The predicted octanol–water partition coefficient (Wildman–Crippen LogP) is 4.00. The molecule has 1 saturated heterocycles. The third-order valence-corrected chi connectivity index (χ3v) is 6.02. The Morgan fingerprint density at radius 3 is 2.81 bits per heavy atom. The first-order chi connectivity index (χ1) is 13.1. The van der Waals surface area contributed by atoms with Crippen molar-refractivity contribution in [2.45, 2.75) is 64.5 Å². The van der Waals surface area contributed by atoms with Gasteiger partial charge in [0.2, 0.25) is 5.91 Å². The predicted molar refractivity (Wildman–Crippen MR) is 108 cm³/mol. The molecular formula is C22H34N2O3. The molecule has 1 saturated carbocycles. The summed E-state index contributed by atoms with van der Waals surface area (Å²) < 4.78 is 11.5. The summed E-state index contributed by atoms with van der Waals surface area (Å²) >= 11 is 0. The Hall–Kier alpha value is -1.59. The average molecular weight is 375 g/mol. The summed E-state index contributed by atoms with van der Waals surface area (Å²) in [4.78, 5) is 15.1. The molecule has 1 aliphatic carbocycles. The molecule has 1 N–H and O–H groups in total. The maximum Gasteiger partial charge on any atom is 0.241 e. The first kappa shape index (κ1) is 20.2. The molecule has 1 aliphatic heterocycles. The number of nitrogens with zero attached hydrogens (tertiary/aromatic N) is 1. The number of hydrogen-bond acceptors (Lipinski definition) is 4. The summed E-state index contributed by atoms with van der Waals surface area (Å²) in [6.45, 7) is 6.82. The minimum atomic E-state index is -0.0809. The first-order valence-corrected chi connectivity index (χ1v) is 10.4. The third-order valence-electron chi connectivity index (χ3n) is 6.02. The van der Waals surface area contributed by atoms with E-state index < -0.39 is 0 Å².